The highest BCUT2D eigenvalue weighted by Crippen LogP contribution is 2.36. The molecule has 0 saturated carbocycles. The maximum absolute atomic E-state index is 12.8. The number of nitrogens with zero attached hydrogens (tertiary/aromatic N) is 5. The summed E-state index contributed by atoms with van der Waals surface area (Å²) in [5.41, 5.74) is 2.60. The van der Waals surface area contributed by atoms with Gasteiger partial charge in [-0.25, -0.2) is 9.97 Å². The molecule has 1 spiro atoms. The number of anilines is 1. The first-order valence-corrected chi connectivity index (χ1v) is 11.4. The summed E-state index contributed by atoms with van der Waals surface area (Å²) in [4.78, 5) is 27.0. The molecular weight excluding hydrogens is 388 g/mol. The van der Waals surface area contributed by atoms with Gasteiger partial charge in [-0.2, -0.15) is 0 Å². The third-order valence-electron chi connectivity index (χ3n) is 6.70. The van der Waals surface area contributed by atoms with Crippen LogP contribution in [0.1, 0.15) is 49.3 Å². The highest BCUT2D eigenvalue weighted by atomic mass is 16.2. The number of aromatic nitrogens is 3. The fourth-order valence-corrected chi connectivity index (χ4v) is 5.19. The van der Waals surface area contributed by atoms with E-state index in [1.807, 2.05) is 12.1 Å². The predicted octanol–water partition coefficient (Wildman–Crippen LogP) is 3.40. The van der Waals surface area contributed by atoms with Gasteiger partial charge in [-0.3, -0.25) is 9.69 Å². The minimum absolute atomic E-state index is 0.00834. The number of hydrogen-bond acceptors (Lipinski definition) is 5. The van der Waals surface area contributed by atoms with Crippen LogP contribution in [0.3, 0.4) is 0 Å². The van der Waals surface area contributed by atoms with Crippen LogP contribution in [-0.2, 0) is 13.1 Å². The van der Waals surface area contributed by atoms with Crippen molar-refractivity contribution < 1.29 is 4.79 Å². The van der Waals surface area contributed by atoms with Crippen LogP contribution in [0.4, 0.5) is 5.82 Å². The summed E-state index contributed by atoms with van der Waals surface area (Å²) in [7, 11) is 0. The Bertz CT molecular complexity index is 1100. The third kappa shape index (κ3) is 3.37. The van der Waals surface area contributed by atoms with Crippen molar-refractivity contribution in [1.29, 1.82) is 0 Å². The molecule has 1 fully saturated rings. The summed E-state index contributed by atoms with van der Waals surface area (Å²) in [5, 5.41) is 3.33. The number of amides is 1. The Hall–Kier alpha value is -2.93. The number of rotatable bonds is 5. The summed E-state index contributed by atoms with van der Waals surface area (Å²) in [5.74, 6) is 1.93. The van der Waals surface area contributed by atoms with Crippen LogP contribution in [0.15, 0.2) is 42.6 Å². The molecule has 0 bridgehead atoms. The molecule has 7 heteroatoms. The standard InChI is InChI=1S/C24H30N6O/c1-3-14-29-20-10-6-5-9-19(20)26-21(29)17-28-15-11-24(12-16-28)27-23(31)18-8-7-13-25-22(18)30(24)4-2/h5-10,13H,3-4,11-12,14-17H2,1-2H3,(H,27,31). The summed E-state index contributed by atoms with van der Waals surface area (Å²) < 4.78 is 2.36. The van der Waals surface area contributed by atoms with Gasteiger partial charge in [0.05, 0.1) is 23.1 Å². The average Bonchev–Trinajstić information content (AvgIpc) is 3.13. The number of imidazole rings is 1. The Morgan fingerprint density at radius 1 is 1.10 bits per heavy atom. The summed E-state index contributed by atoms with van der Waals surface area (Å²) in [6, 6.07) is 12.1. The smallest absolute Gasteiger partial charge is 0.256 e. The van der Waals surface area contributed by atoms with E-state index in [1.165, 1.54) is 5.52 Å². The second-order valence-corrected chi connectivity index (χ2v) is 8.55. The summed E-state index contributed by atoms with van der Waals surface area (Å²) in [6.45, 7) is 8.80. The molecule has 1 amide bonds. The number of para-hydroxylation sites is 2. The van der Waals surface area contributed by atoms with Crippen molar-refractivity contribution >= 4 is 22.8 Å². The van der Waals surface area contributed by atoms with Gasteiger partial charge in [0.2, 0.25) is 0 Å². The van der Waals surface area contributed by atoms with E-state index in [4.69, 9.17) is 4.98 Å². The SMILES string of the molecule is CCCn1c(CN2CCC3(CC2)NC(=O)c2cccnc2N3CC)nc2ccccc21. The normalized spacial score (nSPS) is 18.4. The number of benzene rings is 1. The molecule has 0 unspecified atom stereocenters. The van der Waals surface area contributed by atoms with E-state index in [0.717, 1.165) is 69.1 Å². The van der Waals surface area contributed by atoms with Gasteiger partial charge < -0.3 is 14.8 Å². The quantitative estimate of drug-likeness (QED) is 0.688. The van der Waals surface area contributed by atoms with Crippen LogP contribution in [0.5, 0.6) is 0 Å². The van der Waals surface area contributed by atoms with Crippen molar-refractivity contribution in [1.82, 2.24) is 24.8 Å². The highest BCUT2D eigenvalue weighted by molar-refractivity contribution is 6.01. The van der Waals surface area contributed by atoms with E-state index >= 15 is 0 Å². The van der Waals surface area contributed by atoms with Gasteiger partial charge in [0.15, 0.2) is 0 Å². The number of pyridine rings is 1. The Kier molecular flexibility index (Phi) is 5.14. The van der Waals surface area contributed by atoms with Crippen LogP contribution in [0, 0.1) is 0 Å². The monoisotopic (exact) mass is 418 g/mol. The molecule has 162 valence electrons. The fourth-order valence-electron chi connectivity index (χ4n) is 5.19. The first-order chi connectivity index (χ1) is 15.1. The maximum atomic E-state index is 12.8. The summed E-state index contributed by atoms with van der Waals surface area (Å²) in [6.07, 6.45) is 4.61. The zero-order valence-electron chi connectivity index (χ0n) is 18.3. The molecule has 1 aromatic carbocycles. The molecular formula is C24H30N6O. The Labute approximate surface area is 183 Å². The highest BCUT2D eigenvalue weighted by Gasteiger charge is 2.45. The van der Waals surface area contributed by atoms with Gasteiger partial charge in [0.25, 0.3) is 5.91 Å². The molecule has 7 nitrogen and oxygen atoms in total. The van der Waals surface area contributed by atoms with Gasteiger partial charge >= 0.3 is 0 Å². The molecule has 0 atom stereocenters. The van der Waals surface area contributed by atoms with Crippen LogP contribution in [-0.4, -0.2) is 50.6 Å². The van der Waals surface area contributed by atoms with Crippen molar-refractivity contribution in [2.75, 3.05) is 24.5 Å². The zero-order chi connectivity index (χ0) is 21.4. The maximum Gasteiger partial charge on any atom is 0.256 e. The van der Waals surface area contributed by atoms with Gasteiger partial charge in [0.1, 0.15) is 17.3 Å². The van der Waals surface area contributed by atoms with Crippen LogP contribution in [0.2, 0.25) is 0 Å². The van der Waals surface area contributed by atoms with E-state index in [2.05, 4.69) is 62.8 Å². The lowest BCUT2D eigenvalue weighted by Crippen LogP contribution is -2.67. The first-order valence-electron chi connectivity index (χ1n) is 11.4. The zero-order valence-corrected chi connectivity index (χ0v) is 18.3. The molecule has 3 aromatic rings. The van der Waals surface area contributed by atoms with Crippen molar-refractivity contribution in [3.8, 4) is 0 Å². The van der Waals surface area contributed by atoms with Crippen LogP contribution < -0.4 is 10.2 Å². The number of hydrogen-bond donors (Lipinski definition) is 1. The molecule has 1 saturated heterocycles. The minimum Gasteiger partial charge on any atom is -0.333 e. The van der Waals surface area contributed by atoms with Crippen LogP contribution >= 0.6 is 0 Å². The van der Waals surface area contributed by atoms with Crippen molar-refractivity contribution in [2.24, 2.45) is 0 Å². The largest absolute Gasteiger partial charge is 0.333 e. The molecule has 2 aliphatic heterocycles. The summed E-state index contributed by atoms with van der Waals surface area (Å²) >= 11 is 0. The van der Waals surface area contributed by atoms with E-state index in [9.17, 15) is 4.79 Å². The van der Waals surface area contributed by atoms with E-state index < -0.39 is 0 Å². The van der Waals surface area contributed by atoms with Gasteiger partial charge in [-0.15, -0.1) is 0 Å². The number of nitrogens with one attached hydrogen (secondary N) is 1. The van der Waals surface area contributed by atoms with Crippen molar-refractivity contribution in [2.45, 2.75) is 51.9 Å². The molecule has 5 rings (SSSR count). The Balaban J connectivity index is 1.36. The Morgan fingerprint density at radius 2 is 1.90 bits per heavy atom. The number of fused-ring (bicyclic) bond motifs is 2. The number of aryl methyl sites for hydroxylation is 1. The van der Waals surface area contributed by atoms with Gasteiger partial charge in [-0.1, -0.05) is 19.1 Å². The number of likely N-dealkylation sites (tertiary alicyclic amines) is 1. The third-order valence-corrected chi connectivity index (χ3v) is 6.70. The number of carbonyl (C=O) groups excluding carboxylic acids is 1. The van der Waals surface area contributed by atoms with Gasteiger partial charge in [-0.05, 0) is 37.6 Å². The van der Waals surface area contributed by atoms with Crippen LogP contribution in [0.25, 0.3) is 11.0 Å². The number of piperidine rings is 1. The second kappa shape index (κ2) is 7.96. The first kappa shape index (κ1) is 20.0. The van der Waals surface area contributed by atoms with Gasteiger partial charge in [0, 0.05) is 45.2 Å². The number of carbonyl (C=O) groups is 1. The molecule has 2 aliphatic rings. The molecule has 31 heavy (non-hydrogen) atoms. The molecule has 0 aliphatic carbocycles. The lowest BCUT2D eigenvalue weighted by molar-refractivity contribution is 0.0757. The fraction of sp³-hybridized carbons (Fsp3) is 0.458. The van der Waals surface area contributed by atoms with E-state index in [-0.39, 0.29) is 11.6 Å². The predicted molar refractivity (Wildman–Crippen MR) is 122 cm³/mol. The van der Waals surface area contributed by atoms with E-state index in [1.54, 1.807) is 6.20 Å². The molecule has 2 aromatic heterocycles. The molecule has 4 heterocycles. The second-order valence-electron chi connectivity index (χ2n) is 8.55. The van der Waals surface area contributed by atoms with Crippen molar-refractivity contribution in [3.63, 3.8) is 0 Å². The molecule has 1 N–H and O–H groups in total. The lowest BCUT2D eigenvalue weighted by Gasteiger charge is -2.51. The Morgan fingerprint density at radius 3 is 2.68 bits per heavy atom. The topological polar surface area (TPSA) is 66.3 Å². The minimum atomic E-state index is -0.354. The lowest BCUT2D eigenvalue weighted by atomic mass is 9.91. The average molecular weight is 419 g/mol. The van der Waals surface area contributed by atoms with Crippen molar-refractivity contribution in [3.05, 3.63) is 54.0 Å². The van der Waals surface area contributed by atoms with E-state index in [0.29, 0.717) is 5.56 Å². The molecule has 0 radical (unpaired) electrons.